The smallest absolute Gasteiger partial charge is 0.191 e. The first-order valence-corrected chi connectivity index (χ1v) is 10.2. The van der Waals surface area contributed by atoms with Crippen molar-refractivity contribution in [3.8, 4) is 0 Å². The van der Waals surface area contributed by atoms with E-state index in [1.165, 1.54) is 11.1 Å². The van der Waals surface area contributed by atoms with Gasteiger partial charge in [0.1, 0.15) is 0 Å². The predicted octanol–water partition coefficient (Wildman–Crippen LogP) is 3.49. The number of halogens is 1. The number of aliphatic imine (C=N–C) groups is 1. The van der Waals surface area contributed by atoms with Crippen LogP contribution in [0.1, 0.15) is 51.7 Å². The summed E-state index contributed by atoms with van der Waals surface area (Å²) in [5.41, 5.74) is 2.51. The molecule has 0 unspecified atom stereocenters. The third-order valence-corrected chi connectivity index (χ3v) is 5.64. The van der Waals surface area contributed by atoms with Crippen LogP contribution >= 0.6 is 24.0 Å². The molecule has 2 rings (SSSR count). The molecular formula is C22H38IN3O2. The summed E-state index contributed by atoms with van der Waals surface area (Å²) in [6, 6.07) is 8.86. The van der Waals surface area contributed by atoms with Crippen LogP contribution < -0.4 is 10.6 Å². The van der Waals surface area contributed by atoms with Crippen LogP contribution in [0.5, 0.6) is 0 Å². The lowest BCUT2D eigenvalue weighted by molar-refractivity contribution is -0.0131. The Morgan fingerprint density at radius 2 is 1.79 bits per heavy atom. The maximum atomic E-state index is 9.88. The standard InChI is InChI=1S/C22H37N3O2.HI/c1-5-18-7-9-19(10-8-18)21(3,4)15-24-20(23-6-2)25-16-22(17-26)11-13-27-14-12-22;/h7-10,26H,5-6,11-17H2,1-4H3,(H2,23,24,25);1H. The fourth-order valence-electron chi connectivity index (χ4n) is 3.37. The Balaban J connectivity index is 0.00000392. The van der Waals surface area contributed by atoms with Gasteiger partial charge in [-0.05, 0) is 37.3 Å². The van der Waals surface area contributed by atoms with Gasteiger partial charge in [0.25, 0.3) is 0 Å². The number of aryl methyl sites for hydroxylation is 1. The van der Waals surface area contributed by atoms with Crippen LogP contribution in [-0.4, -0.2) is 50.5 Å². The summed E-state index contributed by atoms with van der Waals surface area (Å²) >= 11 is 0. The molecular weight excluding hydrogens is 465 g/mol. The summed E-state index contributed by atoms with van der Waals surface area (Å²) in [6.45, 7) is 12.5. The first-order chi connectivity index (χ1) is 12.9. The van der Waals surface area contributed by atoms with E-state index in [4.69, 9.17) is 9.73 Å². The fourth-order valence-corrected chi connectivity index (χ4v) is 3.37. The number of benzene rings is 1. The summed E-state index contributed by atoms with van der Waals surface area (Å²) in [6.07, 6.45) is 2.82. The fraction of sp³-hybridized carbons (Fsp3) is 0.682. The number of aliphatic hydroxyl groups is 1. The third-order valence-electron chi connectivity index (χ3n) is 5.64. The molecule has 0 aliphatic carbocycles. The molecule has 1 aliphatic heterocycles. The highest BCUT2D eigenvalue weighted by Gasteiger charge is 2.32. The molecule has 0 radical (unpaired) electrons. The number of hydrogen-bond acceptors (Lipinski definition) is 3. The molecule has 1 fully saturated rings. The molecule has 0 aromatic heterocycles. The van der Waals surface area contributed by atoms with Gasteiger partial charge in [-0.25, -0.2) is 0 Å². The van der Waals surface area contributed by atoms with E-state index in [1.54, 1.807) is 0 Å². The van der Waals surface area contributed by atoms with Crippen molar-refractivity contribution >= 4 is 29.9 Å². The van der Waals surface area contributed by atoms with Gasteiger partial charge in [-0.1, -0.05) is 45.0 Å². The number of nitrogens with one attached hydrogen (secondary N) is 2. The number of ether oxygens (including phenoxy) is 1. The molecule has 1 heterocycles. The van der Waals surface area contributed by atoms with Crippen molar-refractivity contribution in [3.05, 3.63) is 35.4 Å². The second kappa shape index (κ2) is 12.0. The molecule has 1 aromatic carbocycles. The Kier molecular flexibility index (Phi) is 10.8. The molecule has 28 heavy (non-hydrogen) atoms. The minimum atomic E-state index is -0.111. The Hall–Kier alpha value is -0.860. The lowest BCUT2D eigenvalue weighted by Gasteiger charge is -2.36. The van der Waals surface area contributed by atoms with E-state index in [9.17, 15) is 5.11 Å². The quantitative estimate of drug-likeness (QED) is 0.289. The number of aliphatic hydroxyl groups excluding tert-OH is 1. The van der Waals surface area contributed by atoms with E-state index in [0.717, 1.165) is 45.0 Å². The summed E-state index contributed by atoms with van der Waals surface area (Å²) in [5, 5.41) is 16.7. The number of hydrogen-bond donors (Lipinski definition) is 3. The molecule has 5 nitrogen and oxygen atoms in total. The first-order valence-electron chi connectivity index (χ1n) is 10.2. The maximum absolute atomic E-state index is 9.88. The largest absolute Gasteiger partial charge is 0.396 e. The second-order valence-electron chi connectivity index (χ2n) is 8.25. The monoisotopic (exact) mass is 503 g/mol. The molecule has 160 valence electrons. The lowest BCUT2D eigenvalue weighted by Crippen LogP contribution is -2.47. The van der Waals surface area contributed by atoms with E-state index in [0.29, 0.717) is 13.1 Å². The molecule has 1 saturated heterocycles. The Morgan fingerprint density at radius 3 is 2.32 bits per heavy atom. The van der Waals surface area contributed by atoms with E-state index in [1.807, 2.05) is 0 Å². The highest BCUT2D eigenvalue weighted by atomic mass is 127. The number of guanidine groups is 1. The van der Waals surface area contributed by atoms with Crippen LogP contribution in [0.15, 0.2) is 29.3 Å². The zero-order valence-electron chi connectivity index (χ0n) is 17.9. The maximum Gasteiger partial charge on any atom is 0.191 e. The average molecular weight is 503 g/mol. The molecule has 6 heteroatoms. The average Bonchev–Trinajstić information content (AvgIpc) is 2.71. The van der Waals surface area contributed by atoms with Crippen LogP contribution in [0.3, 0.4) is 0 Å². The van der Waals surface area contributed by atoms with Crippen LogP contribution in [0.2, 0.25) is 0 Å². The van der Waals surface area contributed by atoms with E-state index in [2.05, 4.69) is 62.6 Å². The van der Waals surface area contributed by atoms with Crippen molar-refractivity contribution in [1.29, 1.82) is 0 Å². The summed E-state index contributed by atoms with van der Waals surface area (Å²) in [4.78, 5) is 4.84. The van der Waals surface area contributed by atoms with Gasteiger partial charge in [-0.3, -0.25) is 4.99 Å². The van der Waals surface area contributed by atoms with Gasteiger partial charge in [-0.15, -0.1) is 24.0 Å². The highest BCUT2D eigenvalue weighted by Crippen LogP contribution is 2.29. The highest BCUT2D eigenvalue weighted by molar-refractivity contribution is 14.0. The van der Waals surface area contributed by atoms with Gasteiger partial charge in [-0.2, -0.15) is 0 Å². The Labute approximate surface area is 187 Å². The van der Waals surface area contributed by atoms with Gasteiger partial charge in [0.2, 0.25) is 0 Å². The molecule has 0 amide bonds. The SMILES string of the molecule is CCNC(=NCC(C)(C)c1ccc(CC)cc1)NCC1(CO)CCOCC1.I. The minimum Gasteiger partial charge on any atom is -0.396 e. The summed E-state index contributed by atoms with van der Waals surface area (Å²) in [5.74, 6) is 0.815. The zero-order chi connectivity index (χ0) is 19.8. The minimum absolute atomic E-state index is 0. The third kappa shape index (κ3) is 7.19. The molecule has 3 N–H and O–H groups in total. The predicted molar refractivity (Wildman–Crippen MR) is 128 cm³/mol. The van der Waals surface area contributed by atoms with E-state index < -0.39 is 0 Å². The van der Waals surface area contributed by atoms with Crippen molar-refractivity contribution in [2.24, 2.45) is 10.4 Å². The van der Waals surface area contributed by atoms with Crippen molar-refractivity contribution in [1.82, 2.24) is 10.6 Å². The van der Waals surface area contributed by atoms with Crippen LogP contribution in [0.4, 0.5) is 0 Å². The summed E-state index contributed by atoms with van der Waals surface area (Å²) < 4.78 is 5.45. The molecule has 0 saturated carbocycles. The molecule has 0 bridgehead atoms. The Morgan fingerprint density at radius 1 is 1.14 bits per heavy atom. The molecule has 0 atom stereocenters. The van der Waals surface area contributed by atoms with Crippen molar-refractivity contribution in [2.45, 2.75) is 52.4 Å². The van der Waals surface area contributed by atoms with Gasteiger partial charge in [0.05, 0.1) is 13.2 Å². The normalized spacial score (nSPS) is 17.0. The molecule has 1 aromatic rings. The van der Waals surface area contributed by atoms with Crippen LogP contribution in [0.25, 0.3) is 0 Å². The topological polar surface area (TPSA) is 65.9 Å². The van der Waals surface area contributed by atoms with Crippen LogP contribution in [0, 0.1) is 5.41 Å². The van der Waals surface area contributed by atoms with Crippen molar-refractivity contribution in [3.63, 3.8) is 0 Å². The lowest BCUT2D eigenvalue weighted by atomic mass is 9.81. The molecule has 0 spiro atoms. The van der Waals surface area contributed by atoms with Crippen molar-refractivity contribution in [2.75, 3.05) is 39.5 Å². The van der Waals surface area contributed by atoms with Gasteiger partial charge in [0, 0.05) is 37.1 Å². The summed E-state index contributed by atoms with van der Waals surface area (Å²) in [7, 11) is 0. The van der Waals surface area contributed by atoms with Gasteiger partial charge >= 0.3 is 0 Å². The van der Waals surface area contributed by atoms with Crippen LogP contribution in [-0.2, 0) is 16.6 Å². The second-order valence-corrected chi connectivity index (χ2v) is 8.25. The first kappa shape index (κ1) is 25.2. The van der Waals surface area contributed by atoms with E-state index >= 15 is 0 Å². The number of rotatable bonds is 8. The number of nitrogens with zero attached hydrogens (tertiary/aromatic N) is 1. The Bertz CT molecular complexity index is 596. The van der Waals surface area contributed by atoms with Gasteiger partial charge in [0.15, 0.2) is 5.96 Å². The van der Waals surface area contributed by atoms with Crippen molar-refractivity contribution < 1.29 is 9.84 Å². The molecule has 1 aliphatic rings. The van der Waals surface area contributed by atoms with E-state index in [-0.39, 0.29) is 41.4 Å². The van der Waals surface area contributed by atoms with Gasteiger partial charge < -0.3 is 20.5 Å². The zero-order valence-corrected chi connectivity index (χ0v) is 20.2.